The lowest BCUT2D eigenvalue weighted by atomic mass is 10.1. The van der Waals surface area contributed by atoms with E-state index in [1.807, 2.05) is 18.3 Å². The molecule has 2 heterocycles. The largest absolute Gasteiger partial charge is 0.355 e. The fourth-order valence-corrected chi connectivity index (χ4v) is 2.79. The summed E-state index contributed by atoms with van der Waals surface area (Å²) in [4.78, 5) is 15.1. The number of fused-ring (bicyclic) bond motifs is 1. The number of carbonyl (C=O) groups excluding carboxylic acids is 1. The molecule has 1 aliphatic heterocycles. The molecule has 0 radical (unpaired) electrons. The number of nitrogens with zero attached hydrogens (tertiary/aromatic N) is 1. The van der Waals surface area contributed by atoms with E-state index in [0.717, 1.165) is 26.1 Å². The molecule has 4 heteroatoms. The second-order valence-electron chi connectivity index (χ2n) is 3.78. The topological polar surface area (TPSA) is 32.3 Å². The van der Waals surface area contributed by atoms with Crippen LogP contribution in [0.15, 0.2) is 11.4 Å². The van der Waals surface area contributed by atoms with E-state index < -0.39 is 0 Å². The van der Waals surface area contributed by atoms with Gasteiger partial charge in [-0.2, -0.15) is 0 Å². The Kier molecular flexibility index (Phi) is 3.38. The van der Waals surface area contributed by atoms with E-state index in [4.69, 9.17) is 0 Å². The SMILES string of the molecule is CCNC(=O)CN1CCc2sccc2C1. The third-order valence-electron chi connectivity index (χ3n) is 2.63. The Labute approximate surface area is 94.1 Å². The van der Waals surface area contributed by atoms with Crippen LogP contribution in [0.25, 0.3) is 0 Å². The molecule has 1 aromatic rings. The normalized spacial score (nSPS) is 16.1. The first-order valence-electron chi connectivity index (χ1n) is 5.34. The molecule has 0 unspecified atom stereocenters. The highest BCUT2D eigenvalue weighted by Gasteiger charge is 2.18. The van der Waals surface area contributed by atoms with Gasteiger partial charge in [-0.1, -0.05) is 0 Å². The van der Waals surface area contributed by atoms with Gasteiger partial charge in [-0.05, 0) is 30.4 Å². The molecule has 2 rings (SSSR count). The number of amides is 1. The Morgan fingerprint density at radius 2 is 2.53 bits per heavy atom. The van der Waals surface area contributed by atoms with E-state index >= 15 is 0 Å². The summed E-state index contributed by atoms with van der Waals surface area (Å²) in [5.74, 6) is 0.135. The average Bonchev–Trinajstić information content (AvgIpc) is 2.65. The Morgan fingerprint density at radius 3 is 3.33 bits per heavy atom. The molecule has 1 aliphatic rings. The molecule has 15 heavy (non-hydrogen) atoms. The van der Waals surface area contributed by atoms with E-state index in [-0.39, 0.29) is 5.91 Å². The maximum absolute atomic E-state index is 11.4. The van der Waals surface area contributed by atoms with Crippen LogP contribution in [0.3, 0.4) is 0 Å². The second-order valence-corrected chi connectivity index (χ2v) is 4.78. The molecule has 0 spiro atoms. The van der Waals surface area contributed by atoms with Crippen LogP contribution in [0.2, 0.25) is 0 Å². The number of nitrogens with one attached hydrogen (secondary N) is 1. The summed E-state index contributed by atoms with van der Waals surface area (Å²) < 4.78 is 0. The predicted octanol–water partition coefficient (Wildman–Crippen LogP) is 1.24. The molecule has 1 aromatic heterocycles. The Bertz CT molecular complexity index is 348. The van der Waals surface area contributed by atoms with Gasteiger partial charge >= 0.3 is 0 Å². The van der Waals surface area contributed by atoms with E-state index in [1.165, 1.54) is 10.4 Å². The summed E-state index contributed by atoms with van der Waals surface area (Å²) in [6.07, 6.45) is 1.09. The molecule has 0 aliphatic carbocycles. The van der Waals surface area contributed by atoms with Gasteiger partial charge in [0.05, 0.1) is 6.54 Å². The lowest BCUT2D eigenvalue weighted by Gasteiger charge is -2.25. The summed E-state index contributed by atoms with van der Waals surface area (Å²) in [6, 6.07) is 2.17. The average molecular weight is 224 g/mol. The monoisotopic (exact) mass is 224 g/mol. The van der Waals surface area contributed by atoms with Crippen molar-refractivity contribution in [3.8, 4) is 0 Å². The highest BCUT2D eigenvalue weighted by molar-refractivity contribution is 7.10. The number of thiophene rings is 1. The molecule has 0 fully saturated rings. The first kappa shape index (κ1) is 10.6. The lowest BCUT2D eigenvalue weighted by Crippen LogP contribution is -2.39. The zero-order chi connectivity index (χ0) is 10.7. The maximum atomic E-state index is 11.4. The predicted molar refractivity (Wildman–Crippen MR) is 62.0 cm³/mol. The Balaban J connectivity index is 1.90. The zero-order valence-corrected chi connectivity index (χ0v) is 9.77. The van der Waals surface area contributed by atoms with E-state index in [2.05, 4.69) is 21.7 Å². The van der Waals surface area contributed by atoms with Crippen molar-refractivity contribution >= 4 is 17.2 Å². The minimum absolute atomic E-state index is 0.135. The first-order chi connectivity index (χ1) is 7.29. The van der Waals surface area contributed by atoms with Crippen molar-refractivity contribution in [2.24, 2.45) is 0 Å². The zero-order valence-electron chi connectivity index (χ0n) is 8.95. The minimum atomic E-state index is 0.135. The van der Waals surface area contributed by atoms with Crippen LogP contribution in [0, 0.1) is 0 Å². The van der Waals surface area contributed by atoms with Crippen LogP contribution in [0.5, 0.6) is 0 Å². The second kappa shape index (κ2) is 4.77. The van der Waals surface area contributed by atoms with Gasteiger partial charge in [0.2, 0.25) is 5.91 Å². The van der Waals surface area contributed by atoms with Crippen molar-refractivity contribution < 1.29 is 4.79 Å². The van der Waals surface area contributed by atoms with Gasteiger partial charge in [-0.15, -0.1) is 11.3 Å². The lowest BCUT2D eigenvalue weighted by molar-refractivity contribution is -0.122. The van der Waals surface area contributed by atoms with Gasteiger partial charge in [-0.3, -0.25) is 9.69 Å². The van der Waals surface area contributed by atoms with Crippen LogP contribution in [-0.2, 0) is 17.8 Å². The Morgan fingerprint density at radius 1 is 1.67 bits per heavy atom. The van der Waals surface area contributed by atoms with Gasteiger partial charge < -0.3 is 5.32 Å². The highest BCUT2D eigenvalue weighted by Crippen LogP contribution is 2.23. The van der Waals surface area contributed by atoms with Crippen molar-refractivity contribution in [1.82, 2.24) is 10.2 Å². The van der Waals surface area contributed by atoms with Crippen molar-refractivity contribution in [2.45, 2.75) is 19.9 Å². The van der Waals surface area contributed by atoms with Gasteiger partial charge in [0.1, 0.15) is 0 Å². The van der Waals surface area contributed by atoms with Crippen LogP contribution in [-0.4, -0.2) is 30.4 Å². The summed E-state index contributed by atoms with van der Waals surface area (Å²) in [6.45, 7) is 5.13. The molecular formula is C11H16N2OS. The van der Waals surface area contributed by atoms with E-state index in [0.29, 0.717) is 6.54 Å². The molecule has 82 valence electrons. The summed E-state index contributed by atoms with van der Waals surface area (Å²) in [5, 5.41) is 4.97. The fraction of sp³-hybridized carbons (Fsp3) is 0.545. The molecule has 0 saturated heterocycles. The van der Waals surface area contributed by atoms with Gasteiger partial charge in [0.25, 0.3) is 0 Å². The number of carbonyl (C=O) groups is 1. The van der Waals surface area contributed by atoms with Gasteiger partial charge in [-0.25, -0.2) is 0 Å². The fourth-order valence-electron chi connectivity index (χ4n) is 1.90. The van der Waals surface area contributed by atoms with Crippen LogP contribution < -0.4 is 5.32 Å². The number of hydrogen-bond acceptors (Lipinski definition) is 3. The molecule has 0 atom stereocenters. The quantitative estimate of drug-likeness (QED) is 0.838. The van der Waals surface area contributed by atoms with E-state index in [1.54, 1.807) is 0 Å². The summed E-state index contributed by atoms with van der Waals surface area (Å²) in [7, 11) is 0. The van der Waals surface area contributed by atoms with Crippen LogP contribution in [0.1, 0.15) is 17.4 Å². The van der Waals surface area contributed by atoms with Crippen molar-refractivity contribution in [3.63, 3.8) is 0 Å². The molecule has 0 saturated carbocycles. The third-order valence-corrected chi connectivity index (χ3v) is 3.65. The van der Waals surface area contributed by atoms with Crippen LogP contribution in [0.4, 0.5) is 0 Å². The van der Waals surface area contributed by atoms with Crippen molar-refractivity contribution in [1.29, 1.82) is 0 Å². The van der Waals surface area contributed by atoms with E-state index in [9.17, 15) is 4.79 Å². The molecule has 1 amide bonds. The smallest absolute Gasteiger partial charge is 0.234 e. The Hall–Kier alpha value is -0.870. The summed E-state index contributed by atoms with van der Waals surface area (Å²) in [5.41, 5.74) is 1.40. The molecule has 0 bridgehead atoms. The molecule has 1 N–H and O–H groups in total. The van der Waals surface area contributed by atoms with Crippen LogP contribution >= 0.6 is 11.3 Å². The number of likely N-dealkylation sites (N-methyl/N-ethyl adjacent to an activating group) is 1. The third kappa shape index (κ3) is 2.58. The van der Waals surface area contributed by atoms with Gasteiger partial charge in [0.15, 0.2) is 0 Å². The van der Waals surface area contributed by atoms with Gasteiger partial charge in [0, 0.05) is 24.5 Å². The highest BCUT2D eigenvalue weighted by atomic mass is 32.1. The van der Waals surface area contributed by atoms with Crippen molar-refractivity contribution in [3.05, 3.63) is 21.9 Å². The first-order valence-corrected chi connectivity index (χ1v) is 6.22. The minimum Gasteiger partial charge on any atom is -0.355 e. The molecule has 0 aromatic carbocycles. The van der Waals surface area contributed by atoms with Crippen molar-refractivity contribution in [2.75, 3.05) is 19.6 Å². The maximum Gasteiger partial charge on any atom is 0.234 e. The molecule has 3 nitrogen and oxygen atoms in total. The summed E-state index contributed by atoms with van der Waals surface area (Å²) >= 11 is 1.83. The number of rotatable bonds is 3. The number of hydrogen-bond donors (Lipinski definition) is 1. The molecular weight excluding hydrogens is 208 g/mol. The standard InChI is InChI=1S/C11H16N2OS/c1-2-12-11(14)8-13-5-3-10-9(7-13)4-6-15-10/h4,6H,2-3,5,7-8H2,1H3,(H,12,14).